The number of ether oxygens (including phenoxy) is 1. The van der Waals surface area contributed by atoms with Crippen molar-refractivity contribution in [2.24, 2.45) is 0 Å². The molecule has 0 heterocycles. The highest BCUT2D eigenvalue weighted by Gasteiger charge is 2.13. The quantitative estimate of drug-likeness (QED) is 0.424. The number of carbonyl (C=O) groups excluding carboxylic acids is 2. The van der Waals surface area contributed by atoms with Gasteiger partial charge < -0.3 is 15.4 Å². The van der Waals surface area contributed by atoms with Crippen molar-refractivity contribution in [2.45, 2.75) is 34.2 Å². The van der Waals surface area contributed by atoms with Gasteiger partial charge in [0.2, 0.25) is 0 Å². The van der Waals surface area contributed by atoms with E-state index in [4.69, 9.17) is 4.74 Å². The summed E-state index contributed by atoms with van der Waals surface area (Å²) < 4.78 is 4.95. The van der Waals surface area contributed by atoms with Gasteiger partial charge in [0.1, 0.15) is 11.6 Å². The number of anilines is 1. The van der Waals surface area contributed by atoms with Crippen LogP contribution < -0.4 is 10.6 Å². The molecule has 2 rings (SSSR count). The van der Waals surface area contributed by atoms with Crippen molar-refractivity contribution >= 4 is 17.6 Å². The predicted octanol–water partition coefficient (Wildman–Crippen LogP) is 3.92. The summed E-state index contributed by atoms with van der Waals surface area (Å²) in [6.07, 6.45) is 1.40. The van der Waals surface area contributed by atoms with E-state index in [0.29, 0.717) is 18.7 Å². The Morgan fingerprint density at radius 3 is 2.28 bits per heavy atom. The highest BCUT2D eigenvalue weighted by molar-refractivity contribution is 6.07. The lowest BCUT2D eigenvalue weighted by Gasteiger charge is -2.12. The van der Waals surface area contributed by atoms with Crippen molar-refractivity contribution in [3.05, 3.63) is 76.0 Å². The van der Waals surface area contributed by atoms with Crippen LogP contribution in [0.1, 0.15) is 39.5 Å². The first-order valence-electron chi connectivity index (χ1n) is 9.34. The smallest absolute Gasteiger partial charge is 0.338 e. The third-order valence-electron chi connectivity index (χ3n) is 4.30. The third-order valence-corrected chi connectivity index (χ3v) is 4.30. The van der Waals surface area contributed by atoms with Gasteiger partial charge in [-0.25, -0.2) is 4.79 Å². The molecule has 0 fully saturated rings. The summed E-state index contributed by atoms with van der Waals surface area (Å²) in [5.74, 6) is -0.829. The standard InChI is InChI=1S/C23H25N3O3/c1-5-29-23(28)19-8-6-18(7-9-19)13-25-14-20(12-24)22(27)26-21-16(3)10-15(2)11-17(21)4/h6-11,14,25H,5,13H2,1-4H3,(H,26,27)/b20-14-. The molecule has 6 nitrogen and oxygen atoms in total. The van der Waals surface area contributed by atoms with Crippen LogP contribution in [0.2, 0.25) is 0 Å². The van der Waals surface area contributed by atoms with Gasteiger partial charge in [-0.05, 0) is 56.5 Å². The minimum Gasteiger partial charge on any atom is -0.462 e. The monoisotopic (exact) mass is 391 g/mol. The normalized spacial score (nSPS) is 10.8. The van der Waals surface area contributed by atoms with E-state index in [9.17, 15) is 14.9 Å². The Kier molecular flexibility index (Phi) is 7.55. The molecule has 2 aromatic rings. The van der Waals surface area contributed by atoms with Crippen molar-refractivity contribution in [3.63, 3.8) is 0 Å². The van der Waals surface area contributed by atoms with Crippen LogP contribution in [0.25, 0.3) is 0 Å². The molecule has 0 saturated heterocycles. The van der Waals surface area contributed by atoms with Gasteiger partial charge in [0.15, 0.2) is 0 Å². The van der Waals surface area contributed by atoms with E-state index in [1.165, 1.54) is 6.20 Å². The van der Waals surface area contributed by atoms with E-state index in [0.717, 1.165) is 27.9 Å². The number of nitrogens with one attached hydrogen (secondary N) is 2. The molecule has 0 aliphatic heterocycles. The maximum atomic E-state index is 12.5. The second kappa shape index (κ2) is 10.1. The molecule has 0 aliphatic carbocycles. The highest BCUT2D eigenvalue weighted by Crippen LogP contribution is 2.22. The van der Waals surface area contributed by atoms with Crippen LogP contribution in [-0.2, 0) is 16.1 Å². The first-order valence-corrected chi connectivity index (χ1v) is 9.34. The molecular formula is C23H25N3O3. The average molecular weight is 391 g/mol. The minimum absolute atomic E-state index is 0.0208. The summed E-state index contributed by atoms with van der Waals surface area (Å²) in [6, 6.07) is 12.8. The summed E-state index contributed by atoms with van der Waals surface area (Å²) in [7, 11) is 0. The molecule has 29 heavy (non-hydrogen) atoms. The van der Waals surface area contributed by atoms with Crippen LogP contribution in [0.15, 0.2) is 48.2 Å². The number of nitrogens with zero attached hydrogens (tertiary/aromatic N) is 1. The number of carbonyl (C=O) groups is 2. The molecule has 2 aromatic carbocycles. The molecule has 0 aliphatic rings. The van der Waals surface area contributed by atoms with E-state index in [2.05, 4.69) is 10.6 Å². The molecule has 6 heteroatoms. The number of aryl methyl sites for hydroxylation is 3. The molecule has 0 unspecified atom stereocenters. The Bertz CT molecular complexity index is 947. The van der Waals surface area contributed by atoms with Crippen molar-refractivity contribution in [2.75, 3.05) is 11.9 Å². The highest BCUT2D eigenvalue weighted by atomic mass is 16.5. The Hall–Kier alpha value is -3.59. The van der Waals surface area contributed by atoms with Crippen LogP contribution in [0.4, 0.5) is 5.69 Å². The van der Waals surface area contributed by atoms with Gasteiger partial charge in [-0.2, -0.15) is 5.26 Å². The second-order valence-electron chi connectivity index (χ2n) is 6.70. The summed E-state index contributed by atoms with van der Waals surface area (Å²) >= 11 is 0. The van der Waals surface area contributed by atoms with Gasteiger partial charge in [0, 0.05) is 18.4 Å². The van der Waals surface area contributed by atoms with E-state index >= 15 is 0 Å². The lowest BCUT2D eigenvalue weighted by Crippen LogP contribution is -2.18. The van der Waals surface area contributed by atoms with Gasteiger partial charge in [0.25, 0.3) is 5.91 Å². The van der Waals surface area contributed by atoms with Crippen LogP contribution in [0.3, 0.4) is 0 Å². The Balaban J connectivity index is 2.01. The lowest BCUT2D eigenvalue weighted by atomic mass is 10.0. The number of hydrogen-bond donors (Lipinski definition) is 2. The Morgan fingerprint density at radius 1 is 1.10 bits per heavy atom. The van der Waals surface area contributed by atoms with Gasteiger partial charge >= 0.3 is 5.97 Å². The number of nitriles is 1. The molecule has 2 N–H and O–H groups in total. The molecular weight excluding hydrogens is 366 g/mol. The van der Waals surface area contributed by atoms with Gasteiger partial charge in [-0.1, -0.05) is 29.8 Å². The summed E-state index contributed by atoms with van der Waals surface area (Å²) in [5, 5.41) is 15.1. The largest absolute Gasteiger partial charge is 0.462 e. The fraction of sp³-hybridized carbons (Fsp3) is 0.261. The number of benzene rings is 2. The molecule has 0 atom stereocenters. The lowest BCUT2D eigenvalue weighted by molar-refractivity contribution is -0.112. The third kappa shape index (κ3) is 5.94. The predicted molar refractivity (Wildman–Crippen MR) is 112 cm³/mol. The Labute approximate surface area is 171 Å². The molecule has 1 amide bonds. The molecule has 0 saturated carbocycles. The molecule has 0 aromatic heterocycles. The molecule has 0 radical (unpaired) electrons. The van der Waals surface area contributed by atoms with E-state index in [-0.39, 0.29) is 11.5 Å². The van der Waals surface area contributed by atoms with Gasteiger partial charge in [0.05, 0.1) is 12.2 Å². The average Bonchev–Trinajstić information content (AvgIpc) is 2.68. The van der Waals surface area contributed by atoms with E-state index in [1.54, 1.807) is 31.2 Å². The number of esters is 1. The van der Waals surface area contributed by atoms with Crippen molar-refractivity contribution in [1.82, 2.24) is 5.32 Å². The topological polar surface area (TPSA) is 91.2 Å². The number of rotatable bonds is 7. The molecule has 0 spiro atoms. The first-order chi connectivity index (χ1) is 13.8. The van der Waals surface area contributed by atoms with E-state index < -0.39 is 5.91 Å². The fourth-order valence-corrected chi connectivity index (χ4v) is 2.95. The molecule has 150 valence electrons. The fourth-order valence-electron chi connectivity index (χ4n) is 2.95. The number of amides is 1. The van der Waals surface area contributed by atoms with Crippen LogP contribution >= 0.6 is 0 Å². The van der Waals surface area contributed by atoms with Crippen molar-refractivity contribution in [1.29, 1.82) is 5.26 Å². The van der Waals surface area contributed by atoms with Gasteiger partial charge in [-0.3, -0.25) is 4.79 Å². The van der Waals surface area contributed by atoms with E-state index in [1.807, 2.05) is 39.0 Å². The van der Waals surface area contributed by atoms with Crippen LogP contribution in [-0.4, -0.2) is 18.5 Å². The minimum atomic E-state index is -0.465. The summed E-state index contributed by atoms with van der Waals surface area (Å²) in [4.78, 5) is 24.1. The number of hydrogen-bond acceptors (Lipinski definition) is 5. The Morgan fingerprint density at radius 2 is 1.72 bits per heavy atom. The first kappa shape index (κ1) is 21.7. The summed E-state index contributed by atoms with van der Waals surface area (Å²) in [5.41, 5.74) is 5.09. The maximum Gasteiger partial charge on any atom is 0.338 e. The molecule has 0 bridgehead atoms. The maximum absolute atomic E-state index is 12.5. The zero-order valence-corrected chi connectivity index (χ0v) is 17.1. The summed E-state index contributed by atoms with van der Waals surface area (Å²) in [6.45, 7) is 8.33. The van der Waals surface area contributed by atoms with Gasteiger partial charge in [-0.15, -0.1) is 0 Å². The van der Waals surface area contributed by atoms with Crippen molar-refractivity contribution in [3.8, 4) is 6.07 Å². The van der Waals surface area contributed by atoms with Crippen LogP contribution in [0, 0.1) is 32.1 Å². The van der Waals surface area contributed by atoms with Crippen molar-refractivity contribution < 1.29 is 14.3 Å². The zero-order valence-electron chi connectivity index (χ0n) is 17.1. The second-order valence-corrected chi connectivity index (χ2v) is 6.70. The SMILES string of the molecule is CCOC(=O)c1ccc(CN/C=C(/C#N)C(=O)Nc2c(C)cc(C)cc2C)cc1. The van der Waals surface area contributed by atoms with Crippen LogP contribution in [0.5, 0.6) is 0 Å². The zero-order chi connectivity index (χ0) is 21.4.